The molecule has 0 N–H and O–H groups in total. The Morgan fingerprint density at radius 3 is 2.36 bits per heavy atom. The van der Waals surface area contributed by atoms with E-state index in [1.54, 1.807) is 6.07 Å². The molecule has 6 heteroatoms. The molecule has 0 amide bonds. The first-order valence-electron chi connectivity index (χ1n) is 3.73. The van der Waals surface area contributed by atoms with Crippen LogP contribution in [0, 0.1) is 0 Å². The lowest BCUT2D eigenvalue weighted by Crippen LogP contribution is -2.22. The number of rotatable bonds is 2. The van der Waals surface area contributed by atoms with Crippen LogP contribution in [0.15, 0.2) is 27.6 Å². The van der Waals surface area contributed by atoms with Crippen LogP contribution in [0.25, 0.3) is 0 Å². The van der Waals surface area contributed by atoms with E-state index < -0.39 is 10.0 Å². The van der Waals surface area contributed by atoms with Gasteiger partial charge in [0.15, 0.2) is 0 Å². The second kappa shape index (κ2) is 4.18. The van der Waals surface area contributed by atoms with Gasteiger partial charge in [0.05, 0.1) is 9.92 Å². The van der Waals surface area contributed by atoms with E-state index in [1.807, 2.05) is 0 Å². The highest BCUT2D eigenvalue weighted by molar-refractivity contribution is 9.10. The Labute approximate surface area is 96.9 Å². The summed E-state index contributed by atoms with van der Waals surface area (Å²) < 4.78 is 25.0. The van der Waals surface area contributed by atoms with Gasteiger partial charge >= 0.3 is 0 Å². The van der Waals surface area contributed by atoms with Gasteiger partial charge in [-0.2, -0.15) is 0 Å². The molecule has 3 nitrogen and oxygen atoms in total. The van der Waals surface area contributed by atoms with Crippen molar-refractivity contribution < 1.29 is 8.42 Å². The second-order valence-electron chi connectivity index (χ2n) is 2.86. The van der Waals surface area contributed by atoms with Crippen LogP contribution in [-0.2, 0) is 10.0 Å². The highest BCUT2D eigenvalue weighted by Crippen LogP contribution is 2.26. The molecule has 0 bridgehead atoms. The van der Waals surface area contributed by atoms with Crippen LogP contribution in [0.2, 0.25) is 5.02 Å². The zero-order valence-corrected chi connectivity index (χ0v) is 10.8. The van der Waals surface area contributed by atoms with E-state index in [2.05, 4.69) is 15.9 Å². The van der Waals surface area contributed by atoms with Gasteiger partial charge in [0.2, 0.25) is 10.0 Å². The SMILES string of the molecule is CN(C)S(=O)(=O)c1ccc(Cl)c(Br)c1. The molecule has 78 valence electrons. The Bertz CT molecular complexity index is 445. The van der Waals surface area contributed by atoms with Crippen LogP contribution in [0.5, 0.6) is 0 Å². The third-order valence-electron chi connectivity index (χ3n) is 1.67. The molecule has 0 unspecified atom stereocenters. The Kier molecular flexibility index (Phi) is 3.58. The molecule has 1 rings (SSSR count). The van der Waals surface area contributed by atoms with Gasteiger partial charge < -0.3 is 0 Å². The van der Waals surface area contributed by atoms with Gasteiger partial charge in [-0.1, -0.05) is 11.6 Å². The average Bonchev–Trinajstić information content (AvgIpc) is 2.09. The van der Waals surface area contributed by atoms with E-state index in [0.29, 0.717) is 9.50 Å². The molecular weight excluding hydrogens is 290 g/mol. The molecule has 0 radical (unpaired) electrons. The summed E-state index contributed by atoms with van der Waals surface area (Å²) in [5.41, 5.74) is 0. The lowest BCUT2D eigenvalue weighted by atomic mass is 10.4. The van der Waals surface area contributed by atoms with Crippen LogP contribution < -0.4 is 0 Å². The maximum Gasteiger partial charge on any atom is 0.242 e. The molecule has 0 fully saturated rings. The van der Waals surface area contributed by atoms with E-state index in [-0.39, 0.29) is 4.90 Å². The van der Waals surface area contributed by atoms with Crippen molar-refractivity contribution in [2.75, 3.05) is 14.1 Å². The molecule has 0 aliphatic rings. The highest BCUT2D eigenvalue weighted by Gasteiger charge is 2.17. The Hall–Kier alpha value is -0.100. The van der Waals surface area contributed by atoms with Gasteiger partial charge in [-0.25, -0.2) is 12.7 Å². The molecule has 0 saturated heterocycles. The van der Waals surface area contributed by atoms with Crippen LogP contribution in [0.3, 0.4) is 0 Å². The van der Waals surface area contributed by atoms with E-state index >= 15 is 0 Å². The van der Waals surface area contributed by atoms with Crippen molar-refractivity contribution in [3.05, 3.63) is 27.7 Å². The standard InChI is InChI=1S/C8H9BrClNO2S/c1-11(2)14(12,13)6-3-4-8(10)7(9)5-6/h3-5H,1-2H3. The summed E-state index contributed by atoms with van der Waals surface area (Å²) in [5.74, 6) is 0. The lowest BCUT2D eigenvalue weighted by Gasteiger charge is -2.11. The quantitative estimate of drug-likeness (QED) is 0.840. The summed E-state index contributed by atoms with van der Waals surface area (Å²) in [7, 11) is -0.404. The minimum Gasteiger partial charge on any atom is -0.207 e. The summed E-state index contributed by atoms with van der Waals surface area (Å²) in [6.45, 7) is 0. The first-order valence-corrected chi connectivity index (χ1v) is 6.34. The molecule has 0 atom stereocenters. The summed E-state index contributed by atoms with van der Waals surface area (Å²) in [6, 6.07) is 4.50. The van der Waals surface area contributed by atoms with E-state index in [0.717, 1.165) is 4.31 Å². The predicted molar refractivity (Wildman–Crippen MR) is 60.0 cm³/mol. The molecule has 1 aromatic carbocycles. The average molecular weight is 299 g/mol. The number of sulfonamides is 1. The maximum atomic E-state index is 11.7. The topological polar surface area (TPSA) is 37.4 Å². The molecule has 0 aliphatic heterocycles. The fraction of sp³-hybridized carbons (Fsp3) is 0.250. The summed E-state index contributed by atoms with van der Waals surface area (Å²) in [5, 5.41) is 0.489. The second-order valence-corrected chi connectivity index (χ2v) is 6.28. The Morgan fingerprint density at radius 1 is 1.36 bits per heavy atom. The molecule has 0 spiro atoms. The summed E-state index contributed by atoms with van der Waals surface area (Å²) in [4.78, 5) is 0.221. The van der Waals surface area contributed by atoms with E-state index in [1.165, 1.54) is 26.2 Å². The van der Waals surface area contributed by atoms with Crippen molar-refractivity contribution in [1.82, 2.24) is 4.31 Å². The van der Waals surface area contributed by atoms with Gasteiger partial charge in [0.25, 0.3) is 0 Å². The van der Waals surface area contributed by atoms with Crippen LogP contribution in [-0.4, -0.2) is 26.8 Å². The van der Waals surface area contributed by atoms with Crippen molar-refractivity contribution in [3.63, 3.8) is 0 Å². The van der Waals surface area contributed by atoms with Gasteiger partial charge in [-0.15, -0.1) is 0 Å². The number of hydrogen-bond acceptors (Lipinski definition) is 2. The normalized spacial score (nSPS) is 12.1. The van der Waals surface area contributed by atoms with Crippen molar-refractivity contribution in [1.29, 1.82) is 0 Å². The Morgan fingerprint density at radius 2 is 1.93 bits per heavy atom. The van der Waals surface area contributed by atoms with Gasteiger partial charge in [-0.05, 0) is 34.1 Å². The van der Waals surface area contributed by atoms with Gasteiger partial charge in [-0.3, -0.25) is 0 Å². The minimum absolute atomic E-state index is 0.221. The zero-order chi connectivity index (χ0) is 10.9. The van der Waals surface area contributed by atoms with Crippen molar-refractivity contribution in [2.24, 2.45) is 0 Å². The zero-order valence-electron chi connectivity index (χ0n) is 7.66. The van der Waals surface area contributed by atoms with Crippen molar-refractivity contribution >= 4 is 37.6 Å². The number of nitrogens with zero attached hydrogens (tertiary/aromatic N) is 1. The third-order valence-corrected chi connectivity index (χ3v) is 4.69. The van der Waals surface area contributed by atoms with Gasteiger partial charge in [0.1, 0.15) is 0 Å². The number of benzene rings is 1. The van der Waals surface area contributed by atoms with Crippen molar-refractivity contribution in [3.8, 4) is 0 Å². The molecular formula is C8H9BrClNO2S. The third kappa shape index (κ3) is 2.28. The van der Waals surface area contributed by atoms with Crippen LogP contribution in [0.4, 0.5) is 0 Å². The molecule has 14 heavy (non-hydrogen) atoms. The maximum absolute atomic E-state index is 11.7. The molecule has 1 aromatic rings. The smallest absolute Gasteiger partial charge is 0.207 e. The largest absolute Gasteiger partial charge is 0.242 e. The fourth-order valence-electron chi connectivity index (χ4n) is 0.848. The fourth-order valence-corrected chi connectivity index (χ4v) is 2.42. The number of halogens is 2. The van der Waals surface area contributed by atoms with Crippen LogP contribution >= 0.6 is 27.5 Å². The molecule has 0 aromatic heterocycles. The first-order chi connectivity index (χ1) is 6.35. The predicted octanol–water partition coefficient (Wildman–Crippen LogP) is 2.35. The summed E-state index contributed by atoms with van der Waals surface area (Å²) >= 11 is 8.93. The first kappa shape index (κ1) is 12.0. The Balaban J connectivity index is 3.29. The lowest BCUT2D eigenvalue weighted by molar-refractivity contribution is 0.520. The van der Waals surface area contributed by atoms with Gasteiger partial charge in [0, 0.05) is 18.6 Å². The molecule has 0 heterocycles. The monoisotopic (exact) mass is 297 g/mol. The molecule has 0 aliphatic carbocycles. The van der Waals surface area contributed by atoms with Crippen LogP contribution in [0.1, 0.15) is 0 Å². The summed E-state index contributed by atoms with van der Waals surface area (Å²) in [6.07, 6.45) is 0. The van der Waals surface area contributed by atoms with E-state index in [4.69, 9.17) is 11.6 Å². The minimum atomic E-state index is -3.37. The van der Waals surface area contributed by atoms with E-state index in [9.17, 15) is 8.42 Å². The number of hydrogen-bond donors (Lipinski definition) is 0. The van der Waals surface area contributed by atoms with Crippen molar-refractivity contribution in [2.45, 2.75) is 4.90 Å². The highest BCUT2D eigenvalue weighted by atomic mass is 79.9. The molecule has 0 saturated carbocycles.